The number of benzene rings is 1. The summed E-state index contributed by atoms with van der Waals surface area (Å²) in [4.78, 5) is 59.9. The minimum absolute atomic E-state index is 0.0178. The van der Waals surface area contributed by atoms with E-state index < -0.39 is 53.2 Å². The molecule has 1 unspecified atom stereocenters. The second-order valence-corrected chi connectivity index (χ2v) is 14.1. The standard InChI is InChI=1S/C36H44N6O8/c1-35(2,3)50-34(47)39-26-12-9-7-5-6-8-11-22-20-36(22,33(45)46)40-31(43)28-18-24(21-41(28)32(26)44)49-29-19-30(42-16-10-15-37-42)38-27-17-23(48-4)13-14-25(27)29/h8,10-11,13-17,19,22,24,26,28H,5-7,9,12,18,20-21H2,1-4H3,(H,39,47)(H,40,43)(H,45,46)/t22?,24-,26+,28+,36-/m1/s1. The predicted octanol–water partition coefficient (Wildman–Crippen LogP) is 4.15. The molecule has 50 heavy (non-hydrogen) atoms. The first-order chi connectivity index (χ1) is 23.9. The molecule has 1 aromatic carbocycles. The van der Waals surface area contributed by atoms with Gasteiger partial charge < -0.3 is 34.9 Å². The molecule has 2 fully saturated rings. The lowest BCUT2D eigenvalue weighted by Crippen LogP contribution is -2.56. The topological polar surface area (TPSA) is 174 Å². The summed E-state index contributed by atoms with van der Waals surface area (Å²) in [7, 11) is 1.57. The number of aliphatic carboxylic acids is 1. The number of methoxy groups -OCH3 is 1. The Hall–Kier alpha value is -5.14. The van der Waals surface area contributed by atoms with Gasteiger partial charge in [0.25, 0.3) is 0 Å². The Morgan fingerprint density at radius 2 is 1.96 bits per heavy atom. The van der Waals surface area contributed by atoms with Gasteiger partial charge in [0, 0.05) is 42.3 Å². The van der Waals surface area contributed by atoms with Gasteiger partial charge in [0.05, 0.1) is 19.2 Å². The van der Waals surface area contributed by atoms with Crippen molar-refractivity contribution in [1.29, 1.82) is 0 Å². The highest BCUT2D eigenvalue weighted by Crippen LogP contribution is 2.45. The molecule has 1 aliphatic carbocycles. The maximum Gasteiger partial charge on any atom is 0.408 e. The highest BCUT2D eigenvalue weighted by atomic mass is 16.6. The molecule has 3 N–H and O–H groups in total. The van der Waals surface area contributed by atoms with Gasteiger partial charge in [0.2, 0.25) is 11.8 Å². The van der Waals surface area contributed by atoms with Crippen molar-refractivity contribution in [3.05, 3.63) is 54.9 Å². The summed E-state index contributed by atoms with van der Waals surface area (Å²) in [6.07, 6.45) is 9.52. The van der Waals surface area contributed by atoms with Gasteiger partial charge in [0.1, 0.15) is 40.8 Å². The lowest BCUT2D eigenvalue weighted by atomic mass is 10.0. The number of aromatic nitrogens is 3. The number of nitrogens with one attached hydrogen (secondary N) is 2. The van der Waals surface area contributed by atoms with E-state index >= 15 is 0 Å². The van der Waals surface area contributed by atoms with Crippen molar-refractivity contribution in [2.45, 2.75) is 95.0 Å². The van der Waals surface area contributed by atoms with E-state index in [1.54, 1.807) is 69.2 Å². The van der Waals surface area contributed by atoms with Crippen LogP contribution in [0.2, 0.25) is 0 Å². The fourth-order valence-electron chi connectivity index (χ4n) is 6.69. The molecule has 2 aromatic heterocycles. The molecule has 266 valence electrons. The SMILES string of the molecule is COc1ccc2c(O[C@@H]3C[C@H]4C(=O)N[C@]5(C(=O)O)CC5C=CCCCCC[C@H](NC(=O)OC(C)(C)C)C(=O)N4C3)cc(-n3cccn3)nc2c1. The molecular weight excluding hydrogens is 644 g/mol. The molecule has 1 saturated heterocycles. The number of hydrogen-bond donors (Lipinski definition) is 3. The normalized spacial score (nSPS) is 25.8. The van der Waals surface area contributed by atoms with E-state index in [0.717, 1.165) is 19.3 Å². The summed E-state index contributed by atoms with van der Waals surface area (Å²) >= 11 is 0. The maximum atomic E-state index is 14.4. The number of carbonyl (C=O) groups is 4. The number of allylic oxidation sites excluding steroid dienone is 1. The van der Waals surface area contributed by atoms with Crippen LogP contribution in [0.5, 0.6) is 11.5 Å². The van der Waals surface area contributed by atoms with Crippen LogP contribution in [0.15, 0.2) is 54.9 Å². The van der Waals surface area contributed by atoms with Crippen LogP contribution in [0.25, 0.3) is 16.7 Å². The van der Waals surface area contributed by atoms with Crippen LogP contribution in [-0.4, -0.2) is 91.6 Å². The molecular formula is C36H44N6O8. The van der Waals surface area contributed by atoms with Gasteiger partial charge >= 0.3 is 12.1 Å². The summed E-state index contributed by atoms with van der Waals surface area (Å²) in [5.74, 6) is -0.973. The number of rotatable bonds is 6. The fraction of sp³-hybridized carbons (Fsp3) is 0.500. The molecule has 0 bridgehead atoms. The smallest absolute Gasteiger partial charge is 0.408 e. The third-order valence-electron chi connectivity index (χ3n) is 9.31. The number of hydrogen-bond acceptors (Lipinski definition) is 9. The van der Waals surface area contributed by atoms with Crippen LogP contribution in [0.1, 0.15) is 65.7 Å². The Balaban J connectivity index is 1.34. The zero-order valence-corrected chi connectivity index (χ0v) is 28.8. The average Bonchev–Trinajstić information content (AvgIpc) is 3.38. The van der Waals surface area contributed by atoms with Crippen LogP contribution < -0.4 is 20.1 Å². The van der Waals surface area contributed by atoms with Crippen molar-refractivity contribution in [2.75, 3.05) is 13.7 Å². The molecule has 2 aliphatic heterocycles. The molecule has 14 nitrogen and oxygen atoms in total. The number of carboxylic acids is 1. The molecule has 6 rings (SSSR count). The minimum atomic E-state index is -1.45. The average molecular weight is 689 g/mol. The largest absolute Gasteiger partial charge is 0.497 e. The maximum absolute atomic E-state index is 14.4. The Bertz CT molecular complexity index is 1790. The van der Waals surface area contributed by atoms with Gasteiger partial charge in [-0.25, -0.2) is 19.3 Å². The lowest BCUT2D eigenvalue weighted by Gasteiger charge is -2.30. The number of ether oxygens (including phenoxy) is 3. The second-order valence-electron chi connectivity index (χ2n) is 14.1. The first kappa shape index (κ1) is 34.7. The lowest BCUT2D eigenvalue weighted by molar-refractivity contribution is -0.145. The number of alkyl carbamates (subject to hydrolysis) is 1. The van der Waals surface area contributed by atoms with E-state index in [0.29, 0.717) is 41.1 Å². The summed E-state index contributed by atoms with van der Waals surface area (Å²) in [6.45, 7) is 5.23. The highest BCUT2D eigenvalue weighted by Gasteiger charge is 2.61. The van der Waals surface area contributed by atoms with Crippen LogP contribution in [0.3, 0.4) is 0 Å². The quantitative estimate of drug-likeness (QED) is 0.319. The van der Waals surface area contributed by atoms with Gasteiger partial charge in [-0.3, -0.25) is 9.59 Å². The van der Waals surface area contributed by atoms with E-state index in [1.807, 2.05) is 18.2 Å². The third-order valence-corrected chi connectivity index (χ3v) is 9.31. The second kappa shape index (κ2) is 14.0. The van der Waals surface area contributed by atoms with Crippen molar-refractivity contribution >= 4 is 34.8 Å². The molecule has 3 amide bonds. The first-order valence-electron chi connectivity index (χ1n) is 17.0. The number of carbonyl (C=O) groups excluding carboxylic acids is 3. The van der Waals surface area contributed by atoms with E-state index in [1.165, 1.54) is 4.90 Å². The molecule has 5 atom stereocenters. The predicted molar refractivity (Wildman–Crippen MR) is 182 cm³/mol. The highest BCUT2D eigenvalue weighted by molar-refractivity contribution is 5.96. The van der Waals surface area contributed by atoms with Crippen molar-refractivity contribution in [2.24, 2.45) is 5.92 Å². The number of fused-ring (bicyclic) bond motifs is 3. The number of carboxylic acid groups (broad SMARTS) is 1. The number of nitrogens with zero attached hydrogens (tertiary/aromatic N) is 4. The van der Waals surface area contributed by atoms with E-state index in [9.17, 15) is 24.3 Å². The summed E-state index contributed by atoms with van der Waals surface area (Å²) < 4.78 is 19.1. The third kappa shape index (κ3) is 7.53. The van der Waals surface area contributed by atoms with Crippen molar-refractivity contribution in [3.63, 3.8) is 0 Å². The van der Waals surface area contributed by atoms with Crippen molar-refractivity contribution in [3.8, 4) is 17.3 Å². The summed E-state index contributed by atoms with van der Waals surface area (Å²) in [5, 5.41) is 20.7. The molecule has 14 heteroatoms. The van der Waals surface area contributed by atoms with E-state index in [2.05, 4.69) is 15.7 Å². The first-order valence-corrected chi connectivity index (χ1v) is 17.0. The zero-order chi connectivity index (χ0) is 35.6. The van der Waals surface area contributed by atoms with E-state index in [-0.39, 0.29) is 25.3 Å². The van der Waals surface area contributed by atoms with Crippen LogP contribution in [-0.2, 0) is 19.1 Å². The van der Waals surface area contributed by atoms with E-state index in [4.69, 9.17) is 19.2 Å². The van der Waals surface area contributed by atoms with Crippen LogP contribution >= 0.6 is 0 Å². The summed E-state index contributed by atoms with van der Waals surface area (Å²) in [6, 6.07) is 6.89. The van der Waals surface area contributed by atoms with Crippen LogP contribution in [0, 0.1) is 5.92 Å². The Labute approximate surface area is 290 Å². The molecule has 3 aromatic rings. The minimum Gasteiger partial charge on any atom is -0.497 e. The van der Waals surface area contributed by atoms with Gasteiger partial charge in [-0.1, -0.05) is 25.0 Å². The van der Waals surface area contributed by atoms with Crippen molar-refractivity contribution in [1.82, 2.24) is 30.3 Å². The monoisotopic (exact) mass is 688 g/mol. The molecule has 4 heterocycles. The Kier molecular flexibility index (Phi) is 9.72. The number of amides is 3. The summed E-state index contributed by atoms with van der Waals surface area (Å²) in [5.41, 5.74) is -1.65. The molecule has 1 saturated carbocycles. The molecule has 0 spiro atoms. The zero-order valence-electron chi connectivity index (χ0n) is 28.8. The molecule has 3 aliphatic rings. The Morgan fingerprint density at radius 1 is 1.14 bits per heavy atom. The molecule has 0 radical (unpaired) electrons. The van der Waals surface area contributed by atoms with Crippen LogP contribution in [0.4, 0.5) is 4.79 Å². The van der Waals surface area contributed by atoms with Crippen molar-refractivity contribution < 1.29 is 38.5 Å². The number of pyridine rings is 1. The van der Waals surface area contributed by atoms with Gasteiger partial charge in [-0.2, -0.15) is 5.10 Å². The Morgan fingerprint density at radius 3 is 2.68 bits per heavy atom. The van der Waals surface area contributed by atoms with Gasteiger partial charge in [-0.05, 0) is 64.7 Å². The van der Waals surface area contributed by atoms with Gasteiger partial charge in [-0.15, -0.1) is 0 Å². The van der Waals surface area contributed by atoms with Gasteiger partial charge in [0.15, 0.2) is 5.82 Å². The fourth-order valence-corrected chi connectivity index (χ4v) is 6.69.